The van der Waals surface area contributed by atoms with Crippen LogP contribution >= 0.6 is 11.8 Å². The summed E-state index contributed by atoms with van der Waals surface area (Å²) in [4.78, 5) is 12.0. The van der Waals surface area contributed by atoms with Gasteiger partial charge in [-0.1, -0.05) is 18.2 Å². The van der Waals surface area contributed by atoms with Crippen LogP contribution in [0.3, 0.4) is 0 Å². The van der Waals surface area contributed by atoms with Crippen LogP contribution in [-0.4, -0.2) is 28.4 Å². The smallest absolute Gasteiger partial charge is 0.271 e. The van der Waals surface area contributed by atoms with Gasteiger partial charge >= 0.3 is 0 Å². The molecule has 1 aliphatic rings. The molecule has 2 N–H and O–H groups in total. The summed E-state index contributed by atoms with van der Waals surface area (Å²) in [6.45, 7) is 0.587. The third-order valence-electron chi connectivity index (χ3n) is 3.77. The molecule has 2 aromatic rings. The van der Waals surface area contributed by atoms with Crippen molar-refractivity contribution in [1.29, 1.82) is 5.26 Å². The van der Waals surface area contributed by atoms with Crippen LogP contribution in [0.1, 0.15) is 46.1 Å². The van der Waals surface area contributed by atoms with Gasteiger partial charge in [-0.05, 0) is 30.5 Å². The number of nitrogens with zero attached hydrogens (tertiary/aromatic N) is 2. The van der Waals surface area contributed by atoms with E-state index < -0.39 is 0 Å². The number of carbonyl (C=O) groups excluding carboxylic acids is 1. The number of aromatic nitrogens is 2. The van der Waals surface area contributed by atoms with E-state index in [2.05, 4.69) is 21.6 Å². The van der Waals surface area contributed by atoms with E-state index >= 15 is 0 Å². The van der Waals surface area contributed by atoms with Gasteiger partial charge in [0.05, 0.1) is 11.6 Å². The normalized spacial score (nSPS) is 13.5. The van der Waals surface area contributed by atoms with E-state index in [1.807, 2.05) is 30.3 Å². The van der Waals surface area contributed by atoms with Crippen molar-refractivity contribution in [3.8, 4) is 6.07 Å². The fourth-order valence-electron chi connectivity index (χ4n) is 2.32. The van der Waals surface area contributed by atoms with Gasteiger partial charge in [0.2, 0.25) is 0 Å². The van der Waals surface area contributed by atoms with E-state index in [-0.39, 0.29) is 5.91 Å². The number of amides is 1. The van der Waals surface area contributed by atoms with Gasteiger partial charge in [-0.2, -0.15) is 22.1 Å². The van der Waals surface area contributed by atoms with E-state index in [1.54, 1.807) is 11.8 Å². The van der Waals surface area contributed by atoms with Gasteiger partial charge in [0.1, 0.15) is 5.69 Å². The molecule has 118 valence electrons. The number of H-pyrrole nitrogens is 1. The first-order valence-corrected chi connectivity index (χ1v) is 8.82. The zero-order valence-electron chi connectivity index (χ0n) is 12.7. The third-order valence-corrected chi connectivity index (χ3v) is 4.78. The average molecular weight is 326 g/mol. The summed E-state index contributed by atoms with van der Waals surface area (Å²) in [6, 6.07) is 11.6. The molecule has 0 atom stereocenters. The van der Waals surface area contributed by atoms with Crippen molar-refractivity contribution in [2.45, 2.75) is 24.5 Å². The molecule has 0 aliphatic heterocycles. The molecule has 1 saturated carbocycles. The van der Waals surface area contributed by atoms with Gasteiger partial charge in [-0.25, -0.2) is 0 Å². The predicted octanol–water partition coefficient (Wildman–Crippen LogP) is 2.82. The molecule has 1 aromatic heterocycles. The lowest BCUT2D eigenvalue weighted by atomic mass is 10.1. The lowest BCUT2D eigenvalue weighted by molar-refractivity contribution is 0.0951. The highest BCUT2D eigenvalue weighted by atomic mass is 32.2. The molecule has 3 rings (SSSR count). The number of rotatable bonds is 7. The van der Waals surface area contributed by atoms with Crippen LogP contribution in [0, 0.1) is 11.3 Å². The second-order valence-corrected chi connectivity index (χ2v) is 6.67. The zero-order chi connectivity index (χ0) is 16.1. The second kappa shape index (κ2) is 7.34. The molecule has 0 spiro atoms. The van der Waals surface area contributed by atoms with Crippen molar-refractivity contribution < 1.29 is 4.79 Å². The molecule has 1 aromatic carbocycles. The van der Waals surface area contributed by atoms with Crippen molar-refractivity contribution in [3.05, 3.63) is 52.8 Å². The number of nitriles is 1. The van der Waals surface area contributed by atoms with Crippen LogP contribution in [0.25, 0.3) is 0 Å². The minimum atomic E-state index is -0.133. The molecule has 0 saturated heterocycles. The Kier molecular flexibility index (Phi) is 4.99. The van der Waals surface area contributed by atoms with Crippen molar-refractivity contribution in [1.82, 2.24) is 15.5 Å². The Bertz CT molecular complexity index is 730. The summed E-state index contributed by atoms with van der Waals surface area (Å²) < 4.78 is 0. The molecule has 0 unspecified atom stereocenters. The molecule has 0 radical (unpaired) electrons. The minimum Gasteiger partial charge on any atom is -0.350 e. The van der Waals surface area contributed by atoms with Crippen LogP contribution in [-0.2, 0) is 5.75 Å². The highest BCUT2D eigenvalue weighted by molar-refractivity contribution is 7.98. The maximum absolute atomic E-state index is 12.0. The summed E-state index contributed by atoms with van der Waals surface area (Å²) in [6.07, 6.45) is 2.37. The van der Waals surface area contributed by atoms with Crippen molar-refractivity contribution in [3.63, 3.8) is 0 Å². The predicted molar refractivity (Wildman–Crippen MR) is 90.2 cm³/mol. The molecule has 1 aliphatic carbocycles. The first kappa shape index (κ1) is 15.6. The highest BCUT2D eigenvalue weighted by Crippen LogP contribution is 2.38. The lowest BCUT2D eigenvalue weighted by Crippen LogP contribution is -2.26. The molecule has 5 nitrogen and oxygen atoms in total. The number of nitrogens with one attached hydrogen (secondary N) is 2. The van der Waals surface area contributed by atoms with E-state index in [1.165, 1.54) is 12.8 Å². The first-order valence-electron chi connectivity index (χ1n) is 7.67. The number of aromatic amines is 1. The summed E-state index contributed by atoms with van der Waals surface area (Å²) in [5, 5.41) is 18.9. The molecule has 23 heavy (non-hydrogen) atoms. The summed E-state index contributed by atoms with van der Waals surface area (Å²) in [7, 11) is 0. The Morgan fingerprint density at radius 1 is 1.43 bits per heavy atom. The van der Waals surface area contributed by atoms with E-state index in [0.29, 0.717) is 23.7 Å². The van der Waals surface area contributed by atoms with Gasteiger partial charge < -0.3 is 5.32 Å². The number of hydrogen-bond acceptors (Lipinski definition) is 4. The SMILES string of the molecule is N#Cc1ccccc1CSCCNC(=O)c1cc(C2CC2)[nH]n1. The van der Waals surface area contributed by atoms with Crippen LogP contribution in [0.5, 0.6) is 0 Å². The van der Waals surface area contributed by atoms with Gasteiger partial charge in [0.25, 0.3) is 5.91 Å². The Hall–Kier alpha value is -2.26. The Morgan fingerprint density at radius 2 is 2.26 bits per heavy atom. The fraction of sp³-hybridized carbons (Fsp3) is 0.353. The standard InChI is InChI=1S/C17H18N4OS/c18-10-13-3-1-2-4-14(13)11-23-8-7-19-17(22)16-9-15(20-21-16)12-5-6-12/h1-4,9,12H,5-8,11H2,(H,19,22)(H,20,21). The van der Waals surface area contributed by atoms with Gasteiger partial charge in [0, 0.05) is 29.7 Å². The Morgan fingerprint density at radius 3 is 3.04 bits per heavy atom. The lowest BCUT2D eigenvalue weighted by Gasteiger charge is -2.05. The molecule has 1 amide bonds. The van der Waals surface area contributed by atoms with Gasteiger partial charge in [-0.15, -0.1) is 0 Å². The molecular formula is C17H18N4OS. The van der Waals surface area contributed by atoms with Crippen LogP contribution in [0.2, 0.25) is 0 Å². The molecular weight excluding hydrogens is 308 g/mol. The van der Waals surface area contributed by atoms with Crippen LogP contribution in [0.15, 0.2) is 30.3 Å². The van der Waals surface area contributed by atoms with E-state index in [4.69, 9.17) is 5.26 Å². The van der Waals surface area contributed by atoms with Gasteiger partial charge in [0.15, 0.2) is 0 Å². The van der Waals surface area contributed by atoms with Crippen molar-refractivity contribution in [2.75, 3.05) is 12.3 Å². The maximum atomic E-state index is 12.0. The van der Waals surface area contributed by atoms with Crippen molar-refractivity contribution in [2.24, 2.45) is 0 Å². The number of hydrogen-bond donors (Lipinski definition) is 2. The maximum Gasteiger partial charge on any atom is 0.271 e. The number of carbonyl (C=O) groups is 1. The molecule has 6 heteroatoms. The zero-order valence-corrected chi connectivity index (χ0v) is 13.5. The van der Waals surface area contributed by atoms with Crippen LogP contribution < -0.4 is 5.32 Å². The number of thioether (sulfide) groups is 1. The fourth-order valence-corrected chi connectivity index (χ4v) is 3.18. The topological polar surface area (TPSA) is 81.6 Å². The molecule has 0 bridgehead atoms. The van der Waals surface area contributed by atoms with E-state index in [9.17, 15) is 4.79 Å². The van der Waals surface area contributed by atoms with Crippen molar-refractivity contribution >= 4 is 17.7 Å². The highest BCUT2D eigenvalue weighted by Gasteiger charge is 2.26. The third kappa shape index (κ3) is 4.14. The van der Waals surface area contributed by atoms with E-state index in [0.717, 1.165) is 22.8 Å². The molecule has 1 fully saturated rings. The number of benzene rings is 1. The Balaban J connectivity index is 1.39. The first-order chi connectivity index (χ1) is 11.3. The summed E-state index contributed by atoms with van der Waals surface area (Å²) in [5.41, 5.74) is 3.28. The largest absolute Gasteiger partial charge is 0.350 e. The van der Waals surface area contributed by atoms with Crippen LogP contribution in [0.4, 0.5) is 0 Å². The average Bonchev–Trinajstić information content (AvgIpc) is 3.31. The van der Waals surface area contributed by atoms with Gasteiger partial charge in [-0.3, -0.25) is 9.89 Å². The minimum absolute atomic E-state index is 0.133. The second-order valence-electron chi connectivity index (χ2n) is 5.56. The molecule has 1 heterocycles. The monoisotopic (exact) mass is 326 g/mol. The summed E-state index contributed by atoms with van der Waals surface area (Å²) in [5.74, 6) is 2.00. The quantitative estimate of drug-likeness (QED) is 0.767. The summed E-state index contributed by atoms with van der Waals surface area (Å²) >= 11 is 1.70. The Labute approximate surface area is 139 Å².